The third-order valence-electron chi connectivity index (χ3n) is 3.57. The maximum absolute atomic E-state index is 8.26. The fraction of sp³-hybridized carbons (Fsp3) is 0.211. The van der Waals surface area contributed by atoms with Gasteiger partial charge in [0.15, 0.2) is 0 Å². The summed E-state index contributed by atoms with van der Waals surface area (Å²) >= 11 is 6.48. The van der Waals surface area contributed by atoms with E-state index in [1.807, 2.05) is 32.9 Å². The molecule has 2 heteroatoms. The normalized spacial score (nSPS) is 13.8. The van der Waals surface area contributed by atoms with Gasteiger partial charge in [-0.25, -0.2) is 0 Å². The summed E-state index contributed by atoms with van der Waals surface area (Å²) in [4.78, 5) is 4.48. The van der Waals surface area contributed by atoms with Gasteiger partial charge in [0, 0.05) is 16.6 Å². The van der Waals surface area contributed by atoms with Gasteiger partial charge in [-0.2, -0.15) is 0 Å². The predicted molar refractivity (Wildman–Crippen MR) is 91.1 cm³/mol. The van der Waals surface area contributed by atoms with Gasteiger partial charge >= 0.3 is 0 Å². The number of fused-ring (bicyclic) bond motifs is 1. The Hall–Kier alpha value is -1.86. The Morgan fingerprint density at radius 2 is 1.52 bits per heavy atom. The van der Waals surface area contributed by atoms with E-state index in [-0.39, 0.29) is 34.6 Å². The van der Waals surface area contributed by atoms with Gasteiger partial charge in [-0.3, -0.25) is 4.98 Å². The molecule has 0 fully saturated rings. The monoisotopic (exact) mass is 299 g/mol. The van der Waals surface area contributed by atoms with Crippen LogP contribution in [0, 0.1) is 27.7 Å². The van der Waals surface area contributed by atoms with E-state index >= 15 is 0 Å². The van der Waals surface area contributed by atoms with Crippen molar-refractivity contribution in [1.82, 2.24) is 4.98 Å². The third-order valence-corrected chi connectivity index (χ3v) is 3.85. The molecule has 0 aliphatic heterocycles. The van der Waals surface area contributed by atoms with Gasteiger partial charge in [0.2, 0.25) is 0 Å². The number of hydrogen-bond acceptors (Lipinski definition) is 1. The molecule has 0 unspecified atom stereocenters. The lowest BCUT2D eigenvalue weighted by atomic mass is 9.92. The van der Waals surface area contributed by atoms with Crippen molar-refractivity contribution in [1.29, 1.82) is 0 Å². The summed E-state index contributed by atoms with van der Waals surface area (Å²) in [6.07, 6.45) is 0. The van der Waals surface area contributed by atoms with Crippen LogP contribution in [0.4, 0.5) is 0 Å². The highest BCUT2D eigenvalue weighted by Crippen LogP contribution is 2.38. The summed E-state index contributed by atoms with van der Waals surface area (Å²) < 4.78 is 32.7. The summed E-state index contributed by atoms with van der Waals surface area (Å²) in [7, 11) is 0. The summed E-state index contributed by atoms with van der Waals surface area (Å²) in [5.41, 5.74) is 5.40. The first-order chi connectivity index (χ1) is 11.6. The maximum Gasteiger partial charge on any atom is 0.0798 e. The number of nitrogens with zero attached hydrogens (tertiary/aromatic N) is 1. The van der Waals surface area contributed by atoms with E-state index in [1.165, 1.54) is 0 Å². The average Bonchev–Trinajstić information content (AvgIpc) is 2.52. The van der Waals surface area contributed by atoms with Gasteiger partial charge in [0.05, 0.1) is 16.0 Å². The Bertz CT molecular complexity index is 1010. The quantitative estimate of drug-likeness (QED) is 0.554. The molecule has 106 valence electrons. The molecule has 1 aromatic heterocycles. The van der Waals surface area contributed by atoms with Gasteiger partial charge in [-0.15, -0.1) is 0 Å². The fourth-order valence-corrected chi connectivity index (χ4v) is 3.05. The second kappa shape index (κ2) is 5.16. The number of aromatic nitrogens is 1. The van der Waals surface area contributed by atoms with E-state index < -0.39 is 0 Å². The van der Waals surface area contributed by atoms with Gasteiger partial charge in [-0.05, 0) is 56.5 Å². The zero-order valence-electron chi connectivity index (χ0n) is 16.5. The Morgan fingerprint density at radius 3 is 2.19 bits per heavy atom. The van der Waals surface area contributed by atoms with Gasteiger partial charge in [-0.1, -0.05) is 41.4 Å². The highest BCUT2D eigenvalue weighted by Gasteiger charge is 2.15. The molecule has 0 N–H and O–H groups in total. The Labute approximate surface area is 136 Å². The Balaban J connectivity index is 2.61. The highest BCUT2D eigenvalue weighted by molar-refractivity contribution is 6.35. The van der Waals surface area contributed by atoms with Crippen molar-refractivity contribution in [2.24, 2.45) is 0 Å². The van der Waals surface area contributed by atoms with Crippen LogP contribution in [-0.4, -0.2) is 4.98 Å². The molecule has 0 saturated carbocycles. The molecule has 0 saturated heterocycles. The zero-order chi connectivity index (χ0) is 18.6. The van der Waals surface area contributed by atoms with Gasteiger partial charge in [0.25, 0.3) is 0 Å². The van der Waals surface area contributed by atoms with Crippen molar-refractivity contribution in [2.45, 2.75) is 27.7 Å². The topological polar surface area (TPSA) is 12.9 Å². The van der Waals surface area contributed by atoms with E-state index in [2.05, 4.69) is 4.98 Å². The smallest absolute Gasteiger partial charge is 0.0798 e. The third kappa shape index (κ3) is 2.43. The second-order valence-electron chi connectivity index (χ2n) is 5.38. The molecule has 0 atom stereocenters. The predicted octanol–water partition coefficient (Wildman–Crippen LogP) is 5.79. The molecule has 0 spiro atoms. The van der Waals surface area contributed by atoms with Crippen LogP contribution in [0.1, 0.15) is 27.9 Å². The second-order valence-corrected chi connectivity index (χ2v) is 5.76. The average molecular weight is 300 g/mol. The van der Waals surface area contributed by atoms with E-state index in [4.69, 9.17) is 17.1 Å². The lowest BCUT2D eigenvalue weighted by Gasteiger charge is -2.15. The van der Waals surface area contributed by atoms with Gasteiger partial charge in [0.1, 0.15) is 0 Å². The van der Waals surface area contributed by atoms with Crippen LogP contribution in [0.25, 0.3) is 22.0 Å². The minimum atomic E-state index is -0.155. The van der Waals surface area contributed by atoms with E-state index in [0.717, 1.165) is 22.3 Å². The first-order valence-electron chi connectivity index (χ1n) is 8.79. The van der Waals surface area contributed by atoms with E-state index in [1.54, 1.807) is 6.92 Å². The van der Waals surface area contributed by atoms with Crippen LogP contribution in [0.3, 0.4) is 0 Å². The first kappa shape index (κ1) is 9.97. The van der Waals surface area contributed by atoms with Crippen LogP contribution >= 0.6 is 11.6 Å². The van der Waals surface area contributed by atoms with Crippen molar-refractivity contribution in [3.63, 3.8) is 0 Å². The van der Waals surface area contributed by atoms with Crippen molar-refractivity contribution in [3.05, 3.63) is 63.7 Å². The van der Waals surface area contributed by atoms with E-state index in [0.29, 0.717) is 16.8 Å². The van der Waals surface area contributed by atoms with Crippen LogP contribution in [0.5, 0.6) is 0 Å². The molecule has 0 bridgehead atoms. The summed E-state index contributed by atoms with van der Waals surface area (Å²) in [5, 5.41) is 0.371. The summed E-state index contributed by atoms with van der Waals surface area (Å²) in [6, 6.07) is 3.68. The molecule has 21 heavy (non-hydrogen) atoms. The largest absolute Gasteiger partial charge is 0.252 e. The Kier molecular flexibility index (Phi) is 2.45. The van der Waals surface area contributed by atoms with Crippen molar-refractivity contribution >= 4 is 22.5 Å². The zero-order valence-corrected chi connectivity index (χ0v) is 13.2. The summed E-state index contributed by atoms with van der Waals surface area (Å²) in [6.45, 7) is 7.64. The molecule has 0 aliphatic rings. The molecule has 3 aromatic rings. The number of benzene rings is 2. The number of pyridine rings is 1. The Morgan fingerprint density at radius 1 is 0.905 bits per heavy atom. The van der Waals surface area contributed by atoms with Crippen molar-refractivity contribution in [3.8, 4) is 11.1 Å². The summed E-state index contributed by atoms with van der Waals surface area (Å²) in [5.74, 6) is 0. The fourth-order valence-electron chi connectivity index (χ4n) is 2.82. The van der Waals surface area contributed by atoms with Crippen LogP contribution < -0.4 is 0 Å². The number of hydrogen-bond donors (Lipinski definition) is 0. The van der Waals surface area contributed by atoms with Gasteiger partial charge < -0.3 is 0 Å². The van der Waals surface area contributed by atoms with Crippen LogP contribution in [-0.2, 0) is 0 Å². The first-order valence-corrected chi connectivity index (χ1v) is 7.17. The van der Waals surface area contributed by atoms with Crippen LogP contribution in [0.15, 0.2) is 36.3 Å². The number of rotatable bonds is 1. The van der Waals surface area contributed by atoms with E-state index in [9.17, 15) is 0 Å². The molecule has 1 heterocycles. The molecule has 2 aromatic carbocycles. The minimum Gasteiger partial charge on any atom is -0.252 e. The van der Waals surface area contributed by atoms with Crippen LogP contribution in [0.2, 0.25) is 5.02 Å². The number of halogens is 1. The lowest BCUT2D eigenvalue weighted by Crippen LogP contribution is -1.94. The maximum atomic E-state index is 8.26. The van der Waals surface area contributed by atoms with Crippen molar-refractivity contribution in [2.75, 3.05) is 0 Å². The molecule has 0 amide bonds. The van der Waals surface area contributed by atoms with Crippen molar-refractivity contribution < 1.29 is 5.48 Å². The minimum absolute atomic E-state index is 0.0222. The molecular formula is C19H18ClN. The standard InChI is InChI=1S/C19H18ClN/c1-11-9-12(2)17(13(3)10-11)18-16(20)8-7-15-6-5-14(4)21-19(15)18/h5-10H,1-4H3/i5D,6D,7D,8D. The molecule has 1 nitrogen and oxygen atoms in total. The number of aryl methyl sites for hydroxylation is 4. The highest BCUT2D eigenvalue weighted by atomic mass is 35.5. The molecule has 0 radical (unpaired) electrons. The lowest BCUT2D eigenvalue weighted by molar-refractivity contribution is 1.25. The molecule has 0 aliphatic carbocycles. The molecular weight excluding hydrogens is 278 g/mol. The molecule has 3 rings (SSSR count). The SMILES string of the molecule is [2H]c1c(C)nc2c(-c3c(C)cc(C)cc3C)c(Cl)c([2H])c([2H])c2c1[2H].